The lowest BCUT2D eigenvalue weighted by Gasteiger charge is -2.35. The van der Waals surface area contributed by atoms with E-state index in [9.17, 15) is 9.18 Å². The molecule has 3 nitrogen and oxygen atoms in total. The maximum absolute atomic E-state index is 13.9. The molecule has 2 rings (SSSR count). The predicted molar refractivity (Wildman–Crippen MR) is 73.5 cm³/mol. The van der Waals surface area contributed by atoms with Crippen molar-refractivity contribution in [2.75, 3.05) is 13.1 Å². The smallest absolute Gasteiger partial charge is 0.257 e. The van der Waals surface area contributed by atoms with Crippen LogP contribution in [0.15, 0.2) is 18.2 Å². The average molecular weight is 264 g/mol. The number of aryl methyl sites for hydroxylation is 1. The average Bonchev–Trinajstić information content (AvgIpc) is 2.39. The Morgan fingerprint density at radius 2 is 2.26 bits per heavy atom. The summed E-state index contributed by atoms with van der Waals surface area (Å²) in [5, 5.41) is 0. The van der Waals surface area contributed by atoms with E-state index in [1.165, 1.54) is 6.07 Å². The number of nitrogens with zero attached hydrogens (tertiary/aromatic N) is 1. The van der Waals surface area contributed by atoms with Gasteiger partial charge in [0.05, 0.1) is 5.56 Å². The fourth-order valence-corrected chi connectivity index (χ4v) is 2.71. The van der Waals surface area contributed by atoms with Gasteiger partial charge >= 0.3 is 0 Å². The van der Waals surface area contributed by atoms with Crippen LogP contribution in [0.4, 0.5) is 4.39 Å². The highest BCUT2D eigenvalue weighted by atomic mass is 19.1. The molecule has 1 unspecified atom stereocenters. The third-order valence-electron chi connectivity index (χ3n) is 3.74. The molecule has 1 fully saturated rings. The number of nitrogens with two attached hydrogens (primary N) is 1. The lowest BCUT2D eigenvalue weighted by Crippen LogP contribution is -2.44. The van der Waals surface area contributed by atoms with Crippen molar-refractivity contribution < 1.29 is 9.18 Å². The summed E-state index contributed by atoms with van der Waals surface area (Å²) in [4.78, 5) is 14.3. The Bertz CT molecular complexity index is 459. The van der Waals surface area contributed by atoms with E-state index in [4.69, 9.17) is 5.73 Å². The van der Waals surface area contributed by atoms with Gasteiger partial charge in [-0.15, -0.1) is 0 Å². The Kier molecular flexibility index (Phi) is 4.53. The summed E-state index contributed by atoms with van der Waals surface area (Å²) in [6.07, 6.45) is 3.86. The topological polar surface area (TPSA) is 46.3 Å². The quantitative estimate of drug-likeness (QED) is 0.911. The van der Waals surface area contributed by atoms with Crippen LogP contribution in [0.1, 0.15) is 41.6 Å². The summed E-state index contributed by atoms with van der Waals surface area (Å²) < 4.78 is 13.9. The number of benzene rings is 1. The molecule has 4 heteroatoms. The van der Waals surface area contributed by atoms with Crippen LogP contribution in [0.2, 0.25) is 0 Å². The molecule has 1 aliphatic heterocycles. The normalized spacial score (nSPS) is 19.5. The highest BCUT2D eigenvalue weighted by molar-refractivity contribution is 5.94. The van der Waals surface area contributed by atoms with Crippen molar-refractivity contribution in [1.82, 2.24) is 4.90 Å². The van der Waals surface area contributed by atoms with Gasteiger partial charge in [-0.05, 0) is 56.8 Å². The number of likely N-dealkylation sites (tertiary alicyclic amines) is 1. The van der Waals surface area contributed by atoms with Crippen LogP contribution in [-0.2, 0) is 0 Å². The van der Waals surface area contributed by atoms with Gasteiger partial charge in [0.2, 0.25) is 0 Å². The highest BCUT2D eigenvalue weighted by Gasteiger charge is 2.28. The summed E-state index contributed by atoms with van der Waals surface area (Å²) >= 11 is 0. The van der Waals surface area contributed by atoms with Crippen molar-refractivity contribution >= 4 is 5.91 Å². The summed E-state index contributed by atoms with van der Waals surface area (Å²) in [5.74, 6) is -0.627. The van der Waals surface area contributed by atoms with Crippen LogP contribution in [0, 0.1) is 12.7 Å². The Labute approximate surface area is 113 Å². The van der Waals surface area contributed by atoms with E-state index in [-0.39, 0.29) is 17.5 Å². The van der Waals surface area contributed by atoms with Crippen LogP contribution in [0.5, 0.6) is 0 Å². The summed E-state index contributed by atoms with van der Waals surface area (Å²) in [5.41, 5.74) is 6.60. The lowest BCUT2D eigenvalue weighted by atomic mass is 9.98. The number of halogens is 1. The first-order chi connectivity index (χ1) is 9.13. The number of carbonyl (C=O) groups is 1. The van der Waals surface area contributed by atoms with Crippen LogP contribution in [0.3, 0.4) is 0 Å². The molecular weight excluding hydrogens is 243 g/mol. The van der Waals surface area contributed by atoms with Crippen LogP contribution in [-0.4, -0.2) is 29.9 Å². The molecule has 0 saturated carbocycles. The molecule has 0 bridgehead atoms. The zero-order valence-corrected chi connectivity index (χ0v) is 11.4. The Hall–Kier alpha value is -1.42. The van der Waals surface area contributed by atoms with Crippen LogP contribution >= 0.6 is 0 Å². The standard InChI is InChI=1S/C15H21FN2O/c1-11-5-6-13(14(16)10-11)15(19)18-9-3-2-4-12(18)7-8-17/h5-6,10,12H,2-4,7-9,17H2,1H3. The first-order valence-corrected chi connectivity index (χ1v) is 6.90. The van der Waals surface area contributed by atoms with E-state index in [0.717, 1.165) is 31.2 Å². The molecule has 1 saturated heterocycles. The Morgan fingerprint density at radius 3 is 2.95 bits per heavy atom. The molecule has 0 spiro atoms. The first-order valence-electron chi connectivity index (χ1n) is 6.90. The van der Waals surface area contributed by atoms with Gasteiger partial charge in [0.15, 0.2) is 0 Å². The zero-order chi connectivity index (χ0) is 13.8. The van der Waals surface area contributed by atoms with Gasteiger partial charge in [0.25, 0.3) is 5.91 Å². The number of hydrogen-bond acceptors (Lipinski definition) is 2. The molecule has 0 aromatic heterocycles. The SMILES string of the molecule is Cc1ccc(C(=O)N2CCCCC2CCN)c(F)c1. The van der Waals surface area contributed by atoms with Gasteiger partial charge in [0.1, 0.15) is 5.82 Å². The lowest BCUT2D eigenvalue weighted by molar-refractivity contribution is 0.0600. The monoisotopic (exact) mass is 264 g/mol. The second kappa shape index (κ2) is 6.15. The van der Waals surface area contributed by atoms with E-state index in [1.54, 1.807) is 17.0 Å². The van der Waals surface area contributed by atoms with Crippen molar-refractivity contribution in [2.45, 2.75) is 38.6 Å². The van der Waals surface area contributed by atoms with Crippen LogP contribution in [0.25, 0.3) is 0 Å². The van der Waals surface area contributed by atoms with E-state index < -0.39 is 5.82 Å². The summed E-state index contributed by atoms with van der Waals surface area (Å²) in [6, 6.07) is 4.93. The van der Waals surface area contributed by atoms with Crippen molar-refractivity contribution in [2.24, 2.45) is 5.73 Å². The Morgan fingerprint density at radius 1 is 1.47 bits per heavy atom. The maximum Gasteiger partial charge on any atom is 0.257 e. The molecule has 0 aliphatic carbocycles. The van der Waals surface area contributed by atoms with Gasteiger partial charge in [-0.2, -0.15) is 0 Å². The fourth-order valence-electron chi connectivity index (χ4n) is 2.71. The molecule has 104 valence electrons. The predicted octanol–water partition coefficient (Wildman–Crippen LogP) is 2.48. The second-order valence-corrected chi connectivity index (χ2v) is 5.21. The van der Waals surface area contributed by atoms with Gasteiger partial charge in [-0.25, -0.2) is 4.39 Å². The van der Waals surface area contributed by atoms with E-state index in [1.807, 2.05) is 6.92 Å². The first kappa shape index (κ1) is 14.0. The minimum atomic E-state index is -0.429. The molecular formula is C15H21FN2O. The van der Waals surface area contributed by atoms with E-state index >= 15 is 0 Å². The minimum absolute atomic E-state index is 0.159. The minimum Gasteiger partial charge on any atom is -0.336 e. The van der Waals surface area contributed by atoms with Gasteiger partial charge in [-0.3, -0.25) is 4.79 Å². The zero-order valence-electron chi connectivity index (χ0n) is 11.4. The molecule has 1 aromatic rings. The van der Waals surface area contributed by atoms with E-state index in [2.05, 4.69) is 0 Å². The number of carbonyl (C=O) groups excluding carboxylic acids is 1. The van der Waals surface area contributed by atoms with Crippen molar-refractivity contribution in [3.05, 3.63) is 35.1 Å². The summed E-state index contributed by atoms with van der Waals surface area (Å²) in [6.45, 7) is 3.08. The molecule has 19 heavy (non-hydrogen) atoms. The van der Waals surface area contributed by atoms with Gasteiger partial charge < -0.3 is 10.6 Å². The largest absolute Gasteiger partial charge is 0.336 e. The number of rotatable bonds is 3. The molecule has 1 heterocycles. The van der Waals surface area contributed by atoms with Crippen molar-refractivity contribution in [3.8, 4) is 0 Å². The highest BCUT2D eigenvalue weighted by Crippen LogP contribution is 2.23. The van der Waals surface area contributed by atoms with Crippen molar-refractivity contribution in [3.63, 3.8) is 0 Å². The number of hydrogen-bond donors (Lipinski definition) is 1. The van der Waals surface area contributed by atoms with Gasteiger partial charge in [-0.1, -0.05) is 6.07 Å². The van der Waals surface area contributed by atoms with Gasteiger partial charge in [0, 0.05) is 12.6 Å². The molecule has 2 N–H and O–H groups in total. The molecule has 0 radical (unpaired) electrons. The summed E-state index contributed by atoms with van der Waals surface area (Å²) in [7, 11) is 0. The third kappa shape index (κ3) is 3.13. The van der Waals surface area contributed by atoms with Crippen LogP contribution < -0.4 is 5.73 Å². The van der Waals surface area contributed by atoms with Crippen molar-refractivity contribution in [1.29, 1.82) is 0 Å². The number of amides is 1. The number of piperidine rings is 1. The third-order valence-corrected chi connectivity index (χ3v) is 3.74. The van der Waals surface area contributed by atoms with E-state index in [0.29, 0.717) is 13.1 Å². The fraction of sp³-hybridized carbons (Fsp3) is 0.533. The molecule has 1 aromatic carbocycles. The molecule has 1 atom stereocenters. The molecule has 1 aliphatic rings. The Balaban J connectivity index is 2.21. The molecule has 1 amide bonds. The maximum atomic E-state index is 13.9. The second-order valence-electron chi connectivity index (χ2n) is 5.21.